The predicted octanol–water partition coefficient (Wildman–Crippen LogP) is 3.11. The SMILES string of the molecule is CC(C)Cn1ncnc1CC(O)c1cccc(Br)c1F. The molecule has 0 saturated carbocycles. The Morgan fingerprint density at radius 2 is 2.15 bits per heavy atom. The molecule has 0 bridgehead atoms. The number of halogens is 2. The molecule has 0 saturated heterocycles. The fourth-order valence-corrected chi connectivity index (χ4v) is 2.39. The van der Waals surface area contributed by atoms with Crippen LogP contribution in [0.15, 0.2) is 29.0 Å². The minimum atomic E-state index is -0.942. The molecule has 0 aliphatic carbocycles. The Bertz CT molecular complexity index is 586. The standard InChI is InChI=1S/C14H17BrFN3O/c1-9(2)7-19-13(17-8-18-19)6-12(20)10-4-3-5-11(15)14(10)16/h3-5,8-9,12,20H,6-7H2,1-2H3. The van der Waals surface area contributed by atoms with E-state index in [9.17, 15) is 9.50 Å². The van der Waals surface area contributed by atoms with Crippen LogP contribution >= 0.6 is 15.9 Å². The molecule has 6 heteroatoms. The molecule has 0 aliphatic heterocycles. The summed E-state index contributed by atoms with van der Waals surface area (Å²) in [7, 11) is 0. The van der Waals surface area contributed by atoms with Crippen molar-refractivity contribution in [3.05, 3.63) is 46.2 Å². The molecular formula is C14H17BrFN3O. The second-order valence-corrected chi connectivity index (χ2v) is 5.97. The summed E-state index contributed by atoms with van der Waals surface area (Å²) in [5, 5.41) is 14.3. The van der Waals surface area contributed by atoms with Gasteiger partial charge in [0.1, 0.15) is 18.0 Å². The highest BCUT2D eigenvalue weighted by atomic mass is 79.9. The molecule has 2 aromatic rings. The van der Waals surface area contributed by atoms with E-state index in [0.29, 0.717) is 16.2 Å². The monoisotopic (exact) mass is 341 g/mol. The highest BCUT2D eigenvalue weighted by molar-refractivity contribution is 9.10. The Balaban J connectivity index is 2.17. The number of benzene rings is 1. The number of nitrogens with zero attached hydrogens (tertiary/aromatic N) is 3. The van der Waals surface area contributed by atoms with Crippen molar-refractivity contribution in [2.75, 3.05) is 0 Å². The van der Waals surface area contributed by atoms with E-state index in [0.717, 1.165) is 6.54 Å². The maximum atomic E-state index is 13.9. The molecule has 1 atom stereocenters. The zero-order valence-corrected chi connectivity index (χ0v) is 13.0. The van der Waals surface area contributed by atoms with E-state index in [1.165, 1.54) is 6.33 Å². The molecule has 20 heavy (non-hydrogen) atoms. The van der Waals surface area contributed by atoms with Gasteiger partial charge in [0.25, 0.3) is 0 Å². The lowest BCUT2D eigenvalue weighted by atomic mass is 10.1. The van der Waals surface area contributed by atoms with Gasteiger partial charge in [0.15, 0.2) is 0 Å². The summed E-state index contributed by atoms with van der Waals surface area (Å²) in [6, 6.07) is 4.88. The molecule has 0 spiro atoms. The minimum absolute atomic E-state index is 0.236. The topological polar surface area (TPSA) is 50.9 Å². The van der Waals surface area contributed by atoms with Gasteiger partial charge in [-0.15, -0.1) is 0 Å². The molecule has 1 N–H and O–H groups in total. The number of aromatic nitrogens is 3. The van der Waals surface area contributed by atoms with Gasteiger partial charge in [-0.1, -0.05) is 26.0 Å². The van der Waals surface area contributed by atoms with Crippen LogP contribution in [0.5, 0.6) is 0 Å². The molecule has 0 radical (unpaired) electrons. The van der Waals surface area contributed by atoms with Gasteiger partial charge in [-0.3, -0.25) is 0 Å². The van der Waals surface area contributed by atoms with Crippen molar-refractivity contribution in [3.8, 4) is 0 Å². The van der Waals surface area contributed by atoms with Gasteiger partial charge < -0.3 is 5.11 Å². The first-order valence-corrected chi connectivity index (χ1v) is 7.27. The third-order valence-corrected chi connectivity index (χ3v) is 3.56. The summed E-state index contributed by atoms with van der Waals surface area (Å²) >= 11 is 3.12. The minimum Gasteiger partial charge on any atom is -0.388 e. The Morgan fingerprint density at radius 3 is 2.85 bits per heavy atom. The molecular weight excluding hydrogens is 325 g/mol. The summed E-state index contributed by atoms with van der Waals surface area (Å²) in [4.78, 5) is 4.14. The van der Waals surface area contributed by atoms with E-state index < -0.39 is 11.9 Å². The lowest BCUT2D eigenvalue weighted by Gasteiger charge is -2.14. The smallest absolute Gasteiger partial charge is 0.143 e. The van der Waals surface area contributed by atoms with Crippen molar-refractivity contribution in [2.45, 2.75) is 32.9 Å². The Morgan fingerprint density at radius 1 is 1.40 bits per heavy atom. The highest BCUT2D eigenvalue weighted by Gasteiger charge is 2.18. The second kappa shape index (κ2) is 6.45. The van der Waals surface area contributed by atoms with E-state index in [1.54, 1.807) is 22.9 Å². The van der Waals surface area contributed by atoms with Gasteiger partial charge in [0.2, 0.25) is 0 Å². The van der Waals surface area contributed by atoms with E-state index >= 15 is 0 Å². The third kappa shape index (κ3) is 3.43. The Kier molecular flexibility index (Phi) is 4.88. The van der Waals surface area contributed by atoms with E-state index in [-0.39, 0.29) is 12.0 Å². The first kappa shape index (κ1) is 15.1. The summed E-state index contributed by atoms with van der Waals surface area (Å²) in [5.74, 6) is 0.649. The van der Waals surface area contributed by atoms with Crippen LogP contribution in [-0.4, -0.2) is 19.9 Å². The molecule has 1 heterocycles. The van der Waals surface area contributed by atoms with Gasteiger partial charge >= 0.3 is 0 Å². The van der Waals surface area contributed by atoms with Crippen LogP contribution in [0.1, 0.15) is 31.3 Å². The van der Waals surface area contributed by atoms with Crippen LogP contribution in [-0.2, 0) is 13.0 Å². The van der Waals surface area contributed by atoms with Crippen molar-refractivity contribution in [3.63, 3.8) is 0 Å². The van der Waals surface area contributed by atoms with Crippen molar-refractivity contribution >= 4 is 15.9 Å². The largest absolute Gasteiger partial charge is 0.388 e. The van der Waals surface area contributed by atoms with Crippen molar-refractivity contribution in [2.24, 2.45) is 5.92 Å². The maximum Gasteiger partial charge on any atom is 0.143 e. The fraction of sp³-hybridized carbons (Fsp3) is 0.429. The van der Waals surface area contributed by atoms with Crippen molar-refractivity contribution < 1.29 is 9.50 Å². The van der Waals surface area contributed by atoms with E-state index in [1.807, 2.05) is 0 Å². The van der Waals surface area contributed by atoms with Crippen LogP contribution in [0.3, 0.4) is 0 Å². The van der Waals surface area contributed by atoms with E-state index in [2.05, 4.69) is 39.9 Å². The third-order valence-electron chi connectivity index (χ3n) is 2.95. The Labute approximate surface area is 125 Å². The highest BCUT2D eigenvalue weighted by Crippen LogP contribution is 2.25. The van der Waals surface area contributed by atoms with Gasteiger partial charge in [0.05, 0.1) is 10.6 Å². The molecule has 4 nitrogen and oxygen atoms in total. The first-order valence-electron chi connectivity index (χ1n) is 6.47. The second-order valence-electron chi connectivity index (χ2n) is 5.12. The summed E-state index contributed by atoms with van der Waals surface area (Å²) < 4.78 is 16.0. The predicted molar refractivity (Wildman–Crippen MR) is 77.6 cm³/mol. The maximum absolute atomic E-state index is 13.9. The van der Waals surface area contributed by atoms with Gasteiger partial charge in [-0.25, -0.2) is 14.1 Å². The van der Waals surface area contributed by atoms with E-state index in [4.69, 9.17) is 0 Å². The lowest BCUT2D eigenvalue weighted by molar-refractivity contribution is 0.168. The number of aliphatic hydroxyl groups excluding tert-OH is 1. The molecule has 0 fully saturated rings. The molecule has 1 aromatic carbocycles. The van der Waals surface area contributed by atoms with Crippen LogP contribution in [0.4, 0.5) is 4.39 Å². The Hall–Kier alpha value is -1.27. The van der Waals surface area contributed by atoms with Crippen LogP contribution < -0.4 is 0 Å². The molecule has 2 rings (SSSR count). The normalized spacial score (nSPS) is 12.9. The summed E-state index contributed by atoms with van der Waals surface area (Å²) in [6.45, 7) is 4.88. The van der Waals surface area contributed by atoms with Crippen LogP contribution in [0, 0.1) is 11.7 Å². The summed E-state index contributed by atoms with van der Waals surface area (Å²) in [6.07, 6.45) is 0.754. The fourth-order valence-electron chi connectivity index (χ4n) is 2.01. The molecule has 0 aliphatic rings. The van der Waals surface area contributed by atoms with Gasteiger partial charge in [-0.05, 0) is 27.9 Å². The quantitative estimate of drug-likeness (QED) is 0.908. The van der Waals surface area contributed by atoms with Crippen LogP contribution in [0.2, 0.25) is 0 Å². The molecule has 1 unspecified atom stereocenters. The number of hydrogen-bond acceptors (Lipinski definition) is 3. The average molecular weight is 342 g/mol. The number of rotatable bonds is 5. The van der Waals surface area contributed by atoms with Gasteiger partial charge in [0, 0.05) is 18.5 Å². The van der Waals surface area contributed by atoms with Crippen molar-refractivity contribution in [1.29, 1.82) is 0 Å². The molecule has 108 valence electrons. The van der Waals surface area contributed by atoms with Crippen molar-refractivity contribution in [1.82, 2.24) is 14.8 Å². The summed E-state index contributed by atoms with van der Waals surface area (Å²) in [5.41, 5.74) is 0.262. The number of hydrogen-bond donors (Lipinski definition) is 1. The molecule has 0 amide bonds. The lowest BCUT2D eigenvalue weighted by Crippen LogP contribution is -2.14. The zero-order valence-electron chi connectivity index (χ0n) is 11.4. The first-order chi connectivity index (χ1) is 9.49. The van der Waals surface area contributed by atoms with Gasteiger partial charge in [-0.2, -0.15) is 5.10 Å². The molecule has 1 aromatic heterocycles. The van der Waals surface area contributed by atoms with Crippen LogP contribution in [0.25, 0.3) is 0 Å². The average Bonchev–Trinajstić information content (AvgIpc) is 2.79. The zero-order chi connectivity index (χ0) is 14.7. The number of aliphatic hydroxyl groups is 1.